The van der Waals surface area contributed by atoms with E-state index in [9.17, 15) is 4.79 Å². The molecule has 19 heavy (non-hydrogen) atoms. The van der Waals surface area contributed by atoms with Crippen LogP contribution < -0.4 is 5.32 Å². The molecule has 3 nitrogen and oxygen atoms in total. The third kappa shape index (κ3) is 4.52. The number of hydrogen-bond acceptors (Lipinski definition) is 2. The zero-order valence-electron chi connectivity index (χ0n) is 11.6. The SMILES string of the molecule is C/C=C/C(=O)Nc1ccc(CN2CCCCC2)cc1. The Balaban J connectivity index is 1.88. The molecule has 1 amide bonds. The summed E-state index contributed by atoms with van der Waals surface area (Å²) in [7, 11) is 0. The molecule has 1 aromatic rings. The summed E-state index contributed by atoms with van der Waals surface area (Å²) in [6.07, 6.45) is 7.27. The molecule has 0 spiro atoms. The van der Waals surface area contributed by atoms with Gasteiger partial charge in [-0.3, -0.25) is 9.69 Å². The number of piperidine rings is 1. The van der Waals surface area contributed by atoms with Crippen molar-refractivity contribution in [3.05, 3.63) is 42.0 Å². The topological polar surface area (TPSA) is 32.3 Å². The Labute approximate surface area is 115 Å². The molecule has 1 aliphatic rings. The molecular formula is C16H22N2O. The summed E-state index contributed by atoms with van der Waals surface area (Å²) >= 11 is 0. The lowest BCUT2D eigenvalue weighted by Crippen LogP contribution is -2.29. The Morgan fingerprint density at radius 1 is 1.21 bits per heavy atom. The lowest BCUT2D eigenvalue weighted by atomic mass is 10.1. The molecule has 1 saturated heterocycles. The van der Waals surface area contributed by atoms with Crippen LogP contribution in [0, 0.1) is 0 Å². The van der Waals surface area contributed by atoms with Crippen LogP contribution in [0.4, 0.5) is 5.69 Å². The van der Waals surface area contributed by atoms with E-state index >= 15 is 0 Å². The molecule has 1 aromatic carbocycles. The fraction of sp³-hybridized carbons (Fsp3) is 0.438. The number of nitrogens with one attached hydrogen (secondary N) is 1. The molecule has 1 heterocycles. The Morgan fingerprint density at radius 2 is 1.89 bits per heavy atom. The molecule has 0 radical (unpaired) electrons. The third-order valence-corrected chi connectivity index (χ3v) is 3.39. The number of carbonyl (C=O) groups excluding carboxylic acids is 1. The first kappa shape index (κ1) is 13.8. The van der Waals surface area contributed by atoms with Gasteiger partial charge in [0.05, 0.1) is 0 Å². The Hall–Kier alpha value is -1.61. The average Bonchev–Trinajstić information content (AvgIpc) is 2.42. The number of rotatable bonds is 4. The van der Waals surface area contributed by atoms with E-state index in [1.54, 1.807) is 6.08 Å². The minimum absolute atomic E-state index is 0.0775. The van der Waals surface area contributed by atoms with Gasteiger partial charge < -0.3 is 5.32 Å². The monoisotopic (exact) mass is 258 g/mol. The zero-order valence-corrected chi connectivity index (χ0v) is 11.6. The summed E-state index contributed by atoms with van der Waals surface area (Å²) in [6.45, 7) is 5.27. The number of benzene rings is 1. The summed E-state index contributed by atoms with van der Waals surface area (Å²) in [4.78, 5) is 13.9. The maximum atomic E-state index is 11.4. The largest absolute Gasteiger partial charge is 0.323 e. The lowest BCUT2D eigenvalue weighted by Gasteiger charge is -2.26. The fourth-order valence-electron chi connectivity index (χ4n) is 2.40. The van der Waals surface area contributed by atoms with Crippen LogP contribution in [0.15, 0.2) is 36.4 Å². The van der Waals surface area contributed by atoms with E-state index in [0.29, 0.717) is 0 Å². The second-order valence-electron chi connectivity index (χ2n) is 5.02. The van der Waals surface area contributed by atoms with Crippen LogP contribution in [0.3, 0.4) is 0 Å². The van der Waals surface area contributed by atoms with Gasteiger partial charge in [0, 0.05) is 12.2 Å². The van der Waals surface area contributed by atoms with Crippen molar-refractivity contribution in [1.82, 2.24) is 4.90 Å². The predicted octanol–water partition coefficient (Wildman–Crippen LogP) is 3.19. The van der Waals surface area contributed by atoms with Gasteiger partial charge in [0.1, 0.15) is 0 Å². The van der Waals surface area contributed by atoms with Crippen molar-refractivity contribution in [3.63, 3.8) is 0 Å². The van der Waals surface area contributed by atoms with Crippen LogP contribution in [0.5, 0.6) is 0 Å². The van der Waals surface area contributed by atoms with Gasteiger partial charge >= 0.3 is 0 Å². The molecule has 3 heteroatoms. The number of anilines is 1. The highest BCUT2D eigenvalue weighted by Crippen LogP contribution is 2.15. The standard InChI is InChI=1S/C16H22N2O/c1-2-6-16(19)17-15-9-7-14(8-10-15)13-18-11-4-3-5-12-18/h2,6-10H,3-5,11-13H2,1H3,(H,17,19)/b6-2+. The van der Waals surface area contributed by atoms with Crippen molar-refractivity contribution >= 4 is 11.6 Å². The summed E-state index contributed by atoms with van der Waals surface area (Å²) in [5.74, 6) is -0.0775. The van der Waals surface area contributed by atoms with E-state index in [1.165, 1.54) is 44.0 Å². The molecule has 1 fully saturated rings. The summed E-state index contributed by atoms with van der Waals surface area (Å²) in [6, 6.07) is 8.14. The quantitative estimate of drug-likeness (QED) is 0.841. The number of allylic oxidation sites excluding steroid dienone is 1. The molecule has 1 N–H and O–H groups in total. The van der Waals surface area contributed by atoms with Gasteiger partial charge in [-0.15, -0.1) is 0 Å². The molecule has 0 aromatic heterocycles. The molecular weight excluding hydrogens is 236 g/mol. The molecule has 2 rings (SSSR count). The van der Waals surface area contributed by atoms with Crippen molar-refractivity contribution < 1.29 is 4.79 Å². The minimum Gasteiger partial charge on any atom is -0.323 e. The second kappa shape index (κ2) is 7.10. The molecule has 0 bridgehead atoms. The molecule has 0 aliphatic carbocycles. The molecule has 0 atom stereocenters. The van der Waals surface area contributed by atoms with Gasteiger partial charge in [-0.25, -0.2) is 0 Å². The Kier molecular flexibility index (Phi) is 5.16. The van der Waals surface area contributed by atoms with Crippen molar-refractivity contribution in [3.8, 4) is 0 Å². The van der Waals surface area contributed by atoms with Crippen LogP contribution in [0.2, 0.25) is 0 Å². The van der Waals surface area contributed by atoms with Gasteiger partial charge in [-0.05, 0) is 56.6 Å². The Morgan fingerprint density at radius 3 is 2.53 bits per heavy atom. The van der Waals surface area contributed by atoms with Crippen molar-refractivity contribution in [2.24, 2.45) is 0 Å². The fourth-order valence-corrected chi connectivity index (χ4v) is 2.40. The summed E-state index contributed by atoms with van der Waals surface area (Å²) < 4.78 is 0. The van der Waals surface area contributed by atoms with Crippen LogP contribution in [0.1, 0.15) is 31.7 Å². The van der Waals surface area contributed by atoms with E-state index in [4.69, 9.17) is 0 Å². The molecule has 0 saturated carbocycles. The number of nitrogens with zero attached hydrogens (tertiary/aromatic N) is 1. The van der Waals surface area contributed by atoms with E-state index in [2.05, 4.69) is 22.3 Å². The first-order valence-electron chi connectivity index (χ1n) is 7.03. The van der Waals surface area contributed by atoms with Gasteiger partial charge in [-0.2, -0.15) is 0 Å². The van der Waals surface area contributed by atoms with E-state index in [-0.39, 0.29) is 5.91 Å². The normalized spacial score (nSPS) is 16.7. The summed E-state index contributed by atoms with van der Waals surface area (Å²) in [5.41, 5.74) is 2.16. The van der Waals surface area contributed by atoms with Gasteiger partial charge in [0.25, 0.3) is 0 Å². The first-order valence-corrected chi connectivity index (χ1v) is 7.03. The molecule has 0 unspecified atom stereocenters. The molecule has 1 aliphatic heterocycles. The summed E-state index contributed by atoms with van der Waals surface area (Å²) in [5, 5.41) is 2.83. The van der Waals surface area contributed by atoms with Gasteiger partial charge in [0.2, 0.25) is 5.91 Å². The van der Waals surface area contributed by atoms with Crippen LogP contribution in [-0.2, 0) is 11.3 Å². The van der Waals surface area contributed by atoms with Crippen molar-refractivity contribution in [2.45, 2.75) is 32.7 Å². The van der Waals surface area contributed by atoms with E-state index < -0.39 is 0 Å². The number of amides is 1. The third-order valence-electron chi connectivity index (χ3n) is 3.39. The van der Waals surface area contributed by atoms with Crippen LogP contribution in [-0.4, -0.2) is 23.9 Å². The number of carbonyl (C=O) groups is 1. The lowest BCUT2D eigenvalue weighted by molar-refractivity contribution is -0.111. The van der Waals surface area contributed by atoms with Crippen molar-refractivity contribution in [2.75, 3.05) is 18.4 Å². The zero-order chi connectivity index (χ0) is 13.5. The second-order valence-corrected chi connectivity index (χ2v) is 5.02. The smallest absolute Gasteiger partial charge is 0.248 e. The van der Waals surface area contributed by atoms with Crippen LogP contribution in [0.25, 0.3) is 0 Å². The maximum Gasteiger partial charge on any atom is 0.248 e. The first-order chi connectivity index (χ1) is 9.28. The number of likely N-dealkylation sites (tertiary alicyclic amines) is 1. The van der Waals surface area contributed by atoms with Crippen molar-refractivity contribution in [1.29, 1.82) is 0 Å². The maximum absolute atomic E-state index is 11.4. The van der Waals surface area contributed by atoms with E-state index in [1.807, 2.05) is 19.1 Å². The van der Waals surface area contributed by atoms with E-state index in [0.717, 1.165) is 12.2 Å². The highest BCUT2D eigenvalue weighted by atomic mass is 16.1. The number of hydrogen-bond donors (Lipinski definition) is 1. The Bertz CT molecular complexity index is 431. The minimum atomic E-state index is -0.0775. The predicted molar refractivity (Wildman–Crippen MR) is 79.0 cm³/mol. The van der Waals surface area contributed by atoms with Gasteiger partial charge in [-0.1, -0.05) is 24.6 Å². The van der Waals surface area contributed by atoms with Gasteiger partial charge in [0.15, 0.2) is 0 Å². The highest BCUT2D eigenvalue weighted by molar-refractivity contribution is 5.99. The van der Waals surface area contributed by atoms with Crippen LogP contribution >= 0.6 is 0 Å². The average molecular weight is 258 g/mol. The highest BCUT2D eigenvalue weighted by Gasteiger charge is 2.10. The molecule has 102 valence electrons.